The Bertz CT molecular complexity index is 201. The van der Waals surface area contributed by atoms with E-state index in [0.29, 0.717) is 12.3 Å². The molecule has 1 unspecified atom stereocenters. The van der Waals surface area contributed by atoms with Gasteiger partial charge in [-0.3, -0.25) is 13.2 Å². The lowest BCUT2D eigenvalue weighted by Gasteiger charge is -2.21. The highest BCUT2D eigenvalue weighted by Gasteiger charge is 2.28. The van der Waals surface area contributed by atoms with E-state index in [1.165, 1.54) is 6.42 Å². The highest BCUT2D eigenvalue weighted by molar-refractivity contribution is 14.1. The van der Waals surface area contributed by atoms with E-state index in [9.17, 15) is 4.79 Å². The number of halogens is 1. The van der Waals surface area contributed by atoms with E-state index in [2.05, 4.69) is 43.5 Å². The number of rotatable bonds is 7. The van der Waals surface area contributed by atoms with Crippen molar-refractivity contribution in [2.24, 2.45) is 0 Å². The Hall–Kier alpha value is 0.280. The van der Waals surface area contributed by atoms with Gasteiger partial charge in [-0.1, -0.05) is 6.92 Å². The second-order valence-corrected chi connectivity index (χ2v) is 4.58. The fraction of sp³-hybridized carbons (Fsp3) is 0.900. The fourth-order valence-electron chi connectivity index (χ4n) is 2.03. The van der Waals surface area contributed by atoms with E-state index in [0.717, 1.165) is 32.6 Å². The molecule has 2 N–H and O–H groups in total. The predicted octanol–water partition coefficient (Wildman–Crippen LogP) is 0.569. The Labute approximate surface area is 106 Å². The molecule has 0 aromatic rings. The summed E-state index contributed by atoms with van der Waals surface area (Å²) in [5.74, 6) is 0.350. The number of likely N-dealkylation sites (N-methyl/N-ethyl adjacent to an activating group) is 1. The smallest absolute Gasteiger partial charge is 0.163 e. The summed E-state index contributed by atoms with van der Waals surface area (Å²) in [6, 6.07) is 0.176. The van der Waals surface area contributed by atoms with Crippen LogP contribution in [-0.2, 0) is 4.79 Å². The third-order valence-electron chi connectivity index (χ3n) is 2.84. The molecule has 1 heterocycles. The van der Waals surface area contributed by atoms with Gasteiger partial charge in [-0.2, -0.15) is 0 Å². The SMILES string of the molecule is CCN1CCCC1C(=O)CNCCNI. The first-order valence-electron chi connectivity index (χ1n) is 5.60. The van der Waals surface area contributed by atoms with Gasteiger partial charge in [0.15, 0.2) is 5.78 Å². The summed E-state index contributed by atoms with van der Waals surface area (Å²) in [4.78, 5) is 14.1. The number of carbonyl (C=O) groups is 1. The Kier molecular flexibility index (Phi) is 6.71. The minimum Gasteiger partial charge on any atom is -0.309 e. The summed E-state index contributed by atoms with van der Waals surface area (Å²) < 4.78 is 3.02. The molecule has 15 heavy (non-hydrogen) atoms. The van der Waals surface area contributed by atoms with Gasteiger partial charge in [0.25, 0.3) is 0 Å². The van der Waals surface area contributed by atoms with Crippen molar-refractivity contribution in [1.29, 1.82) is 0 Å². The van der Waals surface area contributed by atoms with Crippen LogP contribution in [0.1, 0.15) is 19.8 Å². The van der Waals surface area contributed by atoms with Gasteiger partial charge in [0, 0.05) is 36.0 Å². The summed E-state index contributed by atoms with van der Waals surface area (Å²) in [5.41, 5.74) is 0. The minimum atomic E-state index is 0.176. The maximum Gasteiger partial charge on any atom is 0.163 e. The number of Topliss-reactive ketones (excluding diaryl/α,β-unsaturated/α-hetero) is 1. The van der Waals surface area contributed by atoms with Crippen LogP contribution >= 0.6 is 22.9 Å². The molecule has 0 aromatic carbocycles. The van der Waals surface area contributed by atoms with Gasteiger partial charge in [-0.25, -0.2) is 0 Å². The molecule has 1 saturated heterocycles. The van der Waals surface area contributed by atoms with E-state index < -0.39 is 0 Å². The number of hydrogen-bond donors (Lipinski definition) is 2. The summed E-state index contributed by atoms with van der Waals surface area (Å²) in [7, 11) is 0. The monoisotopic (exact) mass is 325 g/mol. The fourth-order valence-corrected chi connectivity index (χ4v) is 2.30. The highest BCUT2D eigenvalue weighted by atomic mass is 127. The molecule has 1 rings (SSSR count). The maximum atomic E-state index is 11.9. The standard InChI is InChI=1S/C10H20IN3O/c1-2-14-7-3-4-9(14)10(15)8-12-5-6-13-11/h9,12-13H,2-8H2,1H3. The molecule has 0 spiro atoms. The molecule has 1 aliphatic heterocycles. The molecular formula is C10H20IN3O. The number of carbonyl (C=O) groups excluding carboxylic acids is 1. The lowest BCUT2D eigenvalue weighted by atomic mass is 10.1. The molecule has 0 bridgehead atoms. The van der Waals surface area contributed by atoms with Crippen LogP contribution in [0.15, 0.2) is 0 Å². The van der Waals surface area contributed by atoms with Crippen molar-refractivity contribution in [3.63, 3.8) is 0 Å². The van der Waals surface area contributed by atoms with Crippen LogP contribution < -0.4 is 8.85 Å². The van der Waals surface area contributed by atoms with Crippen molar-refractivity contribution < 1.29 is 4.79 Å². The number of nitrogens with one attached hydrogen (secondary N) is 2. The van der Waals surface area contributed by atoms with Gasteiger partial charge in [0.05, 0.1) is 12.6 Å². The van der Waals surface area contributed by atoms with Crippen molar-refractivity contribution in [3.8, 4) is 0 Å². The summed E-state index contributed by atoms with van der Waals surface area (Å²) in [6.45, 7) is 6.47. The molecule has 0 saturated carbocycles. The molecule has 4 nitrogen and oxygen atoms in total. The minimum absolute atomic E-state index is 0.176. The Balaban J connectivity index is 2.21. The first-order valence-corrected chi connectivity index (χ1v) is 6.68. The van der Waals surface area contributed by atoms with Crippen molar-refractivity contribution in [3.05, 3.63) is 0 Å². The molecule has 5 heteroatoms. The van der Waals surface area contributed by atoms with Crippen LogP contribution in [0.4, 0.5) is 0 Å². The van der Waals surface area contributed by atoms with Crippen molar-refractivity contribution in [1.82, 2.24) is 13.7 Å². The van der Waals surface area contributed by atoms with Crippen LogP contribution in [0.5, 0.6) is 0 Å². The molecule has 1 atom stereocenters. The Morgan fingerprint density at radius 3 is 3.00 bits per heavy atom. The number of ketones is 1. The molecule has 1 fully saturated rings. The van der Waals surface area contributed by atoms with E-state index >= 15 is 0 Å². The van der Waals surface area contributed by atoms with Crippen molar-refractivity contribution in [2.45, 2.75) is 25.8 Å². The van der Waals surface area contributed by atoms with Crippen molar-refractivity contribution >= 4 is 28.6 Å². The van der Waals surface area contributed by atoms with Crippen LogP contribution in [-0.4, -0.2) is 49.4 Å². The average Bonchev–Trinajstić information content (AvgIpc) is 2.72. The van der Waals surface area contributed by atoms with Crippen LogP contribution in [0.25, 0.3) is 0 Å². The molecule has 0 radical (unpaired) electrons. The van der Waals surface area contributed by atoms with E-state index in [1.807, 2.05) is 0 Å². The van der Waals surface area contributed by atoms with Crippen molar-refractivity contribution in [2.75, 3.05) is 32.7 Å². The number of likely N-dealkylation sites (tertiary alicyclic amines) is 1. The lowest BCUT2D eigenvalue weighted by Crippen LogP contribution is -2.41. The third kappa shape index (κ3) is 4.34. The lowest BCUT2D eigenvalue weighted by molar-refractivity contribution is -0.122. The zero-order valence-electron chi connectivity index (χ0n) is 9.26. The van der Waals surface area contributed by atoms with Gasteiger partial charge in [-0.15, -0.1) is 0 Å². The predicted molar refractivity (Wildman–Crippen MR) is 70.2 cm³/mol. The Morgan fingerprint density at radius 2 is 2.33 bits per heavy atom. The summed E-state index contributed by atoms with van der Waals surface area (Å²) >= 11 is 2.11. The van der Waals surface area contributed by atoms with Gasteiger partial charge in [0.2, 0.25) is 0 Å². The normalized spacial score (nSPS) is 22.1. The van der Waals surface area contributed by atoms with E-state index in [1.54, 1.807) is 0 Å². The number of hydrogen-bond acceptors (Lipinski definition) is 4. The van der Waals surface area contributed by atoms with Crippen LogP contribution in [0.3, 0.4) is 0 Å². The van der Waals surface area contributed by atoms with E-state index in [4.69, 9.17) is 0 Å². The second kappa shape index (κ2) is 7.54. The Morgan fingerprint density at radius 1 is 1.53 bits per heavy atom. The largest absolute Gasteiger partial charge is 0.309 e. The molecule has 88 valence electrons. The first kappa shape index (κ1) is 13.3. The highest BCUT2D eigenvalue weighted by Crippen LogP contribution is 2.16. The number of nitrogens with zero attached hydrogens (tertiary/aromatic N) is 1. The van der Waals surface area contributed by atoms with Crippen LogP contribution in [0, 0.1) is 0 Å². The maximum absolute atomic E-state index is 11.9. The topological polar surface area (TPSA) is 44.4 Å². The van der Waals surface area contributed by atoms with Gasteiger partial charge in [0.1, 0.15) is 0 Å². The van der Waals surface area contributed by atoms with Gasteiger partial charge < -0.3 is 5.32 Å². The summed E-state index contributed by atoms with van der Waals surface area (Å²) in [5, 5.41) is 3.16. The third-order valence-corrected chi connectivity index (χ3v) is 3.38. The molecular weight excluding hydrogens is 305 g/mol. The molecule has 0 aromatic heterocycles. The van der Waals surface area contributed by atoms with Gasteiger partial charge >= 0.3 is 0 Å². The molecule has 1 aliphatic rings. The zero-order chi connectivity index (χ0) is 11.1. The van der Waals surface area contributed by atoms with Crippen LogP contribution in [0.2, 0.25) is 0 Å². The van der Waals surface area contributed by atoms with E-state index in [-0.39, 0.29) is 6.04 Å². The zero-order valence-corrected chi connectivity index (χ0v) is 11.4. The summed E-state index contributed by atoms with van der Waals surface area (Å²) in [6.07, 6.45) is 2.21. The first-order chi connectivity index (χ1) is 7.29. The second-order valence-electron chi connectivity index (χ2n) is 3.81. The molecule has 0 amide bonds. The molecule has 0 aliphatic carbocycles. The average molecular weight is 325 g/mol. The van der Waals surface area contributed by atoms with Gasteiger partial charge in [-0.05, 0) is 25.9 Å². The quantitative estimate of drug-likeness (QED) is 0.408.